The van der Waals surface area contributed by atoms with Gasteiger partial charge in [0, 0.05) is 45.2 Å². The molecule has 1 aromatic carbocycles. The van der Waals surface area contributed by atoms with Gasteiger partial charge in [-0.1, -0.05) is 0 Å². The quantitative estimate of drug-likeness (QED) is 0.865. The molecule has 1 N–H and O–H groups in total. The van der Waals surface area contributed by atoms with E-state index in [1.54, 1.807) is 24.0 Å². The first-order valence-corrected chi connectivity index (χ1v) is 7.82. The highest BCUT2D eigenvalue weighted by atomic mass is 19.2. The van der Waals surface area contributed by atoms with Gasteiger partial charge in [-0.15, -0.1) is 0 Å². The number of halogens is 3. The van der Waals surface area contributed by atoms with Crippen molar-refractivity contribution in [2.45, 2.75) is 6.92 Å². The molecule has 1 aliphatic rings. The van der Waals surface area contributed by atoms with Crippen LogP contribution in [0.2, 0.25) is 0 Å². The maximum Gasteiger partial charge on any atom is 0.219 e. The minimum atomic E-state index is -1.23. The Balaban J connectivity index is 1.67. The Hall–Kier alpha value is -2.77. The maximum absolute atomic E-state index is 13.7. The summed E-state index contributed by atoms with van der Waals surface area (Å²) in [5.41, 5.74) is 0.291. The van der Waals surface area contributed by atoms with E-state index in [9.17, 15) is 18.0 Å². The Labute approximate surface area is 143 Å². The van der Waals surface area contributed by atoms with Gasteiger partial charge in [-0.2, -0.15) is 0 Å². The summed E-state index contributed by atoms with van der Waals surface area (Å²) >= 11 is 0. The maximum atomic E-state index is 13.7. The number of piperazine rings is 1. The molecule has 0 radical (unpaired) electrons. The lowest BCUT2D eigenvalue weighted by atomic mass is 10.2. The molecule has 1 saturated heterocycles. The van der Waals surface area contributed by atoms with Crippen molar-refractivity contribution in [2.75, 3.05) is 36.4 Å². The smallest absolute Gasteiger partial charge is 0.219 e. The van der Waals surface area contributed by atoms with Crippen molar-refractivity contribution in [3.05, 3.63) is 47.9 Å². The molecular weight excluding hydrogens is 333 g/mol. The lowest BCUT2D eigenvalue weighted by molar-refractivity contribution is -0.129. The van der Waals surface area contributed by atoms with Crippen LogP contribution in [0, 0.1) is 17.5 Å². The van der Waals surface area contributed by atoms with Gasteiger partial charge in [0.1, 0.15) is 11.6 Å². The van der Waals surface area contributed by atoms with Gasteiger partial charge in [0.15, 0.2) is 11.6 Å². The summed E-state index contributed by atoms with van der Waals surface area (Å²) in [4.78, 5) is 19.5. The normalized spacial score (nSPS) is 14.6. The van der Waals surface area contributed by atoms with Crippen molar-refractivity contribution in [3.63, 3.8) is 0 Å². The summed E-state index contributed by atoms with van der Waals surface area (Å²) in [7, 11) is 0. The summed E-state index contributed by atoms with van der Waals surface area (Å²) in [5, 5.41) is 2.68. The third-order valence-electron chi connectivity index (χ3n) is 4.09. The fourth-order valence-electron chi connectivity index (χ4n) is 2.67. The molecule has 1 fully saturated rings. The van der Waals surface area contributed by atoms with Crippen molar-refractivity contribution in [1.82, 2.24) is 9.88 Å². The molecule has 0 bridgehead atoms. The molecule has 0 saturated carbocycles. The van der Waals surface area contributed by atoms with E-state index in [2.05, 4.69) is 10.3 Å². The second kappa shape index (κ2) is 7.00. The fraction of sp³-hybridized carbons (Fsp3) is 0.294. The Morgan fingerprint density at radius 2 is 1.72 bits per heavy atom. The van der Waals surface area contributed by atoms with Gasteiger partial charge in [0.2, 0.25) is 5.91 Å². The lowest BCUT2D eigenvalue weighted by Crippen LogP contribution is -2.48. The number of rotatable bonds is 3. The third kappa shape index (κ3) is 3.84. The number of nitrogens with one attached hydrogen (secondary N) is 1. The Morgan fingerprint density at radius 1 is 1.04 bits per heavy atom. The highest BCUT2D eigenvalue weighted by molar-refractivity contribution is 5.73. The summed E-state index contributed by atoms with van der Waals surface area (Å²) in [6.45, 7) is 4.17. The molecule has 25 heavy (non-hydrogen) atoms. The van der Waals surface area contributed by atoms with Gasteiger partial charge in [0.05, 0.1) is 17.6 Å². The first kappa shape index (κ1) is 17.1. The van der Waals surface area contributed by atoms with Crippen LogP contribution >= 0.6 is 0 Å². The van der Waals surface area contributed by atoms with Crippen LogP contribution in [0.4, 0.5) is 30.4 Å². The number of amides is 1. The minimum Gasteiger partial charge on any atom is -0.353 e. The van der Waals surface area contributed by atoms with Crippen LogP contribution in [-0.2, 0) is 4.79 Å². The Kier molecular flexibility index (Phi) is 4.78. The number of nitrogens with zero attached hydrogens (tertiary/aromatic N) is 3. The molecule has 3 rings (SSSR count). The fourth-order valence-corrected chi connectivity index (χ4v) is 2.67. The van der Waals surface area contributed by atoms with Gasteiger partial charge >= 0.3 is 0 Å². The molecule has 0 unspecified atom stereocenters. The average Bonchev–Trinajstić information content (AvgIpc) is 2.60. The van der Waals surface area contributed by atoms with E-state index in [1.165, 1.54) is 6.20 Å². The van der Waals surface area contributed by atoms with Crippen molar-refractivity contribution in [1.29, 1.82) is 0 Å². The van der Waals surface area contributed by atoms with E-state index >= 15 is 0 Å². The highest BCUT2D eigenvalue weighted by Crippen LogP contribution is 2.23. The molecule has 0 spiro atoms. The summed E-state index contributed by atoms with van der Waals surface area (Å²) in [5.74, 6) is -2.46. The van der Waals surface area contributed by atoms with E-state index < -0.39 is 17.5 Å². The van der Waals surface area contributed by atoms with Gasteiger partial charge < -0.3 is 15.1 Å². The van der Waals surface area contributed by atoms with Gasteiger partial charge in [-0.25, -0.2) is 18.2 Å². The number of carbonyl (C=O) groups is 1. The molecular formula is C17H17F3N4O. The summed E-state index contributed by atoms with van der Waals surface area (Å²) in [6, 6.07) is 4.69. The second-order valence-electron chi connectivity index (χ2n) is 5.77. The zero-order valence-electron chi connectivity index (χ0n) is 13.6. The number of benzene rings is 1. The molecule has 5 nitrogen and oxygen atoms in total. The molecule has 2 heterocycles. The molecule has 1 aromatic heterocycles. The predicted octanol–water partition coefficient (Wildman–Crippen LogP) is 2.91. The van der Waals surface area contributed by atoms with Crippen LogP contribution in [0.25, 0.3) is 0 Å². The van der Waals surface area contributed by atoms with Crippen LogP contribution in [0.15, 0.2) is 30.5 Å². The molecule has 0 atom stereocenters. The van der Waals surface area contributed by atoms with Crippen LogP contribution in [0.3, 0.4) is 0 Å². The summed E-state index contributed by atoms with van der Waals surface area (Å²) < 4.78 is 39.8. The van der Waals surface area contributed by atoms with E-state index in [4.69, 9.17) is 0 Å². The topological polar surface area (TPSA) is 48.5 Å². The van der Waals surface area contributed by atoms with Crippen molar-refractivity contribution in [2.24, 2.45) is 0 Å². The van der Waals surface area contributed by atoms with Crippen LogP contribution in [0.1, 0.15) is 6.92 Å². The first-order chi connectivity index (χ1) is 11.9. The number of hydrogen-bond acceptors (Lipinski definition) is 4. The first-order valence-electron chi connectivity index (χ1n) is 7.82. The lowest BCUT2D eigenvalue weighted by Gasteiger charge is -2.34. The van der Waals surface area contributed by atoms with E-state index in [0.29, 0.717) is 37.9 Å². The largest absolute Gasteiger partial charge is 0.353 e. The standard InChI is InChI=1S/C17H17F3N4O/c1-11(25)23-4-6-24(7-5-23)17-3-2-12(10-21-17)22-16-9-14(19)13(18)8-15(16)20/h2-3,8-10,22H,4-7H2,1H3. The van der Waals surface area contributed by atoms with Crippen LogP contribution in [-0.4, -0.2) is 42.0 Å². The Morgan fingerprint density at radius 3 is 2.32 bits per heavy atom. The van der Waals surface area contributed by atoms with Gasteiger partial charge in [0.25, 0.3) is 0 Å². The van der Waals surface area contributed by atoms with Crippen molar-refractivity contribution < 1.29 is 18.0 Å². The number of hydrogen-bond donors (Lipinski definition) is 1. The van der Waals surface area contributed by atoms with Gasteiger partial charge in [-0.3, -0.25) is 4.79 Å². The minimum absolute atomic E-state index is 0.0562. The van der Waals surface area contributed by atoms with Gasteiger partial charge in [-0.05, 0) is 12.1 Å². The molecule has 2 aromatic rings. The zero-order chi connectivity index (χ0) is 18.0. The number of carbonyl (C=O) groups excluding carboxylic acids is 1. The van der Waals surface area contributed by atoms with E-state index in [1.807, 2.05) is 4.90 Å². The van der Waals surface area contributed by atoms with Crippen LogP contribution < -0.4 is 10.2 Å². The van der Waals surface area contributed by atoms with E-state index in [0.717, 1.165) is 11.9 Å². The van der Waals surface area contributed by atoms with Crippen molar-refractivity contribution >= 4 is 23.1 Å². The summed E-state index contributed by atoms with van der Waals surface area (Å²) in [6.07, 6.45) is 1.49. The molecule has 8 heteroatoms. The number of anilines is 3. The molecule has 0 aliphatic carbocycles. The predicted molar refractivity (Wildman–Crippen MR) is 88.3 cm³/mol. The monoisotopic (exact) mass is 350 g/mol. The zero-order valence-corrected chi connectivity index (χ0v) is 13.6. The van der Waals surface area contributed by atoms with E-state index in [-0.39, 0.29) is 11.6 Å². The SMILES string of the molecule is CC(=O)N1CCN(c2ccc(Nc3cc(F)c(F)cc3F)cn2)CC1. The number of aromatic nitrogens is 1. The molecule has 1 aliphatic heterocycles. The Bertz CT molecular complexity index is 774. The highest BCUT2D eigenvalue weighted by Gasteiger charge is 2.19. The number of pyridine rings is 1. The second-order valence-corrected chi connectivity index (χ2v) is 5.77. The third-order valence-corrected chi connectivity index (χ3v) is 4.09. The van der Waals surface area contributed by atoms with Crippen LogP contribution in [0.5, 0.6) is 0 Å². The molecule has 1 amide bonds. The average molecular weight is 350 g/mol. The van der Waals surface area contributed by atoms with Crippen molar-refractivity contribution in [3.8, 4) is 0 Å². The molecule has 132 valence electrons.